The minimum absolute atomic E-state index is 0.481. The number of pyridine rings is 1. The van der Waals surface area contributed by atoms with Crippen molar-refractivity contribution >= 4 is 5.69 Å². The number of hydrogen-bond donors (Lipinski definition) is 2. The van der Waals surface area contributed by atoms with Gasteiger partial charge >= 0.3 is 0 Å². The van der Waals surface area contributed by atoms with Gasteiger partial charge in [0, 0.05) is 18.4 Å². The Bertz CT molecular complexity index is 520. The average Bonchev–Trinajstić information content (AvgIpc) is 3.03. The first kappa shape index (κ1) is 13.1. The van der Waals surface area contributed by atoms with E-state index in [2.05, 4.69) is 21.4 Å². The summed E-state index contributed by atoms with van der Waals surface area (Å²) in [6, 6.07) is 4.56. The van der Waals surface area contributed by atoms with Gasteiger partial charge in [-0.2, -0.15) is 0 Å². The van der Waals surface area contributed by atoms with Crippen LogP contribution in [-0.2, 0) is 0 Å². The number of imidazole rings is 1. The largest absolute Gasteiger partial charge is 0.381 e. The third-order valence-electron chi connectivity index (χ3n) is 4.08. The summed E-state index contributed by atoms with van der Waals surface area (Å²) < 4.78 is 1.90. The van der Waals surface area contributed by atoms with Gasteiger partial charge in [0.15, 0.2) is 0 Å². The average molecular weight is 271 g/mol. The maximum absolute atomic E-state index is 5.87. The summed E-state index contributed by atoms with van der Waals surface area (Å²) in [5, 5.41) is 3.59. The molecule has 2 aromatic heterocycles. The maximum atomic E-state index is 5.87. The van der Waals surface area contributed by atoms with Crippen LogP contribution in [0.25, 0.3) is 5.82 Å². The molecule has 0 aromatic carbocycles. The molecule has 1 aliphatic rings. The second kappa shape index (κ2) is 6.05. The highest BCUT2D eigenvalue weighted by molar-refractivity contribution is 5.44. The lowest BCUT2D eigenvalue weighted by Crippen LogP contribution is -2.36. The molecule has 2 atom stereocenters. The second-order valence-electron chi connectivity index (χ2n) is 5.41. The zero-order chi connectivity index (χ0) is 13.8. The molecule has 3 N–H and O–H groups in total. The Balaban J connectivity index is 1.68. The summed E-state index contributed by atoms with van der Waals surface area (Å²) in [5.41, 5.74) is 6.94. The Morgan fingerprint density at radius 1 is 1.30 bits per heavy atom. The number of nitrogens with two attached hydrogens (primary N) is 1. The molecular formula is C15H21N5. The lowest BCUT2D eigenvalue weighted by molar-refractivity contribution is 0.332. The molecule has 20 heavy (non-hydrogen) atoms. The van der Waals surface area contributed by atoms with Gasteiger partial charge in [-0.05, 0) is 37.4 Å². The first-order chi connectivity index (χ1) is 9.86. The standard InChI is InChI=1S/C15H21N5/c16-9-12-3-1-2-4-14(12)19-13-5-6-15(18-10-13)20-8-7-17-11-20/h5-8,10-12,14,19H,1-4,9,16H2. The van der Waals surface area contributed by atoms with E-state index in [4.69, 9.17) is 5.73 Å². The van der Waals surface area contributed by atoms with E-state index in [-0.39, 0.29) is 0 Å². The molecule has 1 saturated carbocycles. The highest BCUT2D eigenvalue weighted by atomic mass is 15.1. The molecule has 1 aliphatic carbocycles. The fourth-order valence-corrected chi connectivity index (χ4v) is 2.91. The first-order valence-electron chi connectivity index (χ1n) is 7.28. The molecule has 1 fully saturated rings. The summed E-state index contributed by atoms with van der Waals surface area (Å²) in [4.78, 5) is 8.50. The normalized spacial score (nSPS) is 22.6. The molecule has 2 unspecified atom stereocenters. The molecular weight excluding hydrogens is 250 g/mol. The van der Waals surface area contributed by atoms with Gasteiger partial charge in [0.05, 0.1) is 11.9 Å². The monoisotopic (exact) mass is 271 g/mol. The van der Waals surface area contributed by atoms with Gasteiger partial charge in [-0.25, -0.2) is 9.97 Å². The number of anilines is 1. The van der Waals surface area contributed by atoms with E-state index in [1.165, 1.54) is 25.7 Å². The molecule has 5 heteroatoms. The number of nitrogens with one attached hydrogen (secondary N) is 1. The highest BCUT2D eigenvalue weighted by Gasteiger charge is 2.23. The maximum Gasteiger partial charge on any atom is 0.137 e. The van der Waals surface area contributed by atoms with E-state index < -0.39 is 0 Å². The van der Waals surface area contributed by atoms with E-state index in [0.29, 0.717) is 12.0 Å². The minimum atomic E-state index is 0.481. The van der Waals surface area contributed by atoms with Crippen molar-refractivity contribution in [1.82, 2.24) is 14.5 Å². The molecule has 5 nitrogen and oxygen atoms in total. The van der Waals surface area contributed by atoms with Crippen LogP contribution in [0.1, 0.15) is 25.7 Å². The topological polar surface area (TPSA) is 68.8 Å². The van der Waals surface area contributed by atoms with Crippen molar-refractivity contribution in [3.05, 3.63) is 37.1 Å². The van der Waals surface area contributed by atoms with E-state index in [1.54, 1.807) is 12.5 Å². The molecule has 0 radical (unpaired) electrons. The molecule has 0 spiro atoms. The summed E-state index contributed by atoms with van der Waals surface area (Å²) in [6.45, 7) is 0.762. The zero-order valence-electron chi connectivity index (χ0n) is 11.6. The molecule has 2 heterocycles. The van der Waals surface area contributed by atoms with Gasteiger partial charge < -0.3 is 11.1 Å². The third kappa shape index (κ3) is 2.82. The Morgan fingerprint density at radius 3 is 2.90 bits per heavy atom. The predicted molar refractivity (Wildman–Crippen MR) is 79.8 cm³/mol. The summed E-state index contributed by atoms with van der Waals surface area (Å²) in [7, 11) is 0. The molecule has 2 aromatic rings. The summed E-state index contributed by atoms with van der Waals surface area (Å²) in [6.07, 6.45) is 12.3. The van der Waals surface area contributed by atoms with Crippen LogP contribution in [0.4, 0.5) is 5.69 Å². The van der Waals surface area contributed by atoms with Gasteiger partial charge in [0.2, 0.25) is 0 Å². The molecule has 106 valence electrons. The van der Waals surface area contributed by atoms with Crippen molar-refractivity contribution in [2.75, 3.05) is 11.9 Å². The van der Waals surface area contributed by atoms with Gasteiger partial charge in [-0.1, -0.05) is 12.8 Å². The summed E-state index contributed by atoms with van der Waals surface area (Å²) >= 11 is 0. The number of nitrogens with zero attached hydrogens (tertiary/aromatic N) is 3. The Hall–Kier alpha value is -1.88. The van der Waals surface area contributed by atoms with Crippen LogP contribution in [0.5, 0.6) is 0 Å². The predicted octanol–water partition coefficient (Wildman–Crippen LogP) is 2.20. The number of hydrogen-bond acceptors (Lipinski definition) is 4. The van der Waals surface area contributed by atoms with Gasteiger partial charge in [0.25, 0.3) is 0 Å². The molecule has 0 saturated heterocycles. The number of rotatable bonds is 4. The molecule has 0 amide bonds. The van der Waals surface area contributed by atoms with E-state index in [0.717, 1.165) is 18.1 Å². The first-order valence-corrected chi connectivity index (χ1v) is 7.28. The Morgan fingerprint density at radius 2 is 2.20 bits per heavy atom. The van der Waals surface area contributed by atoms with Crippen molar-refractivity contribution in [2.45, 2.75) is 31.7 Å². The lowest BCUT2D eigenvalue weighted by atomic mass is 9.84. The van der Waals surface area contributed by atoms with Crippen molar-refractivity contribution in [1.29, 1.82) is 0 Å². The quantitative estimate of drug-likeness (QED) is 0.894. The van der Waals surface area contributed by atoms with Gasteiger partial charge in [0.1, 0.15) is 12.1 Å². The van der Waals surface area contributed by atoms with Crippen LogP contribution < -0.4 is 11.1 Å². The fraction of sp³-hybridized carbons (Fsp3) is 0.467. The van der Waals surface area contributed by atoms with Crippen LogP contribution in [0.15, 0.2) is 37.1 Å². The molecule has 0 bridgehead atoms. The number of aromatic nitrogens is 3. The van der Waals surface area contributed by atoms with Crippen LogP contribution in [-0.4, -0.2) is 27.1 Å². The van der Waals surface area contributed by atoms with Crippen LogP contribution in [0.2, 0.25) is 0 Å². The van der Waals surface area contributed by atoms with Crippen LogP contribution >= 0.6 is 0 Å². The van der Waals surface area contributed by atoms with E-state index in [9.17, 15) is 0 Å². The minimum Gasteiger partial charge on any atom is -0.381 e. The zero-order valence-corrected chi connectivity index (χ0v) is 11.6. The van der Waals surface area contributed by atoms with E-state index >= 15 is 0 Å². The Kier molecular flexibility index (Phi) is 3.97. The molecule has 0 aliphatic heterocycles. The van der Waals surface area contributed by atoms with Crippen molar-refractivity contribution in [3.8, 4) is 5.82 Å². The fourth-order valence-electron chi connectivity index (χ4n) is 2.91. The summed E-state index contributed by atoms with van der Waals surface area (Å²) in [5.74, 6) is 1.46. The van der Waals surface area contributed by atoms with Crippen molar-refractivity contribution < 1.29 is 0 Å². The smallest absolute Gasteiger partial charge is 0.137 e. The third-order valence-corrected chi connectivity index (χ3v) is 4.08. The molecule has 3 rings (SSSR count). The van der Waals surface area contributed by atoms with Crippen LogP contribution in [0, 0.1) is 5.92 Å². The van der Waals surface area contributed by atoms with Gasteiger partial charge in [-0.3, -0.25) is 4.57 Å². The van der Waals surface area contributed by atoms with Crippen molar-refractivity contribution in [2.24, 2.45) is 11.7 Å². The lowest BCUT2D eigenvalue weighted by Gasteiger charge is -2.32. The van der Waals surface area contributed by atoms with E-state index in [1.807, 2.05) is 23.0 Å². The SMILES string of the molecule is NCC1CCCCC1Nc1ccc(-n2ccnc2)nc1. The Labute approximate surface area is 119 Å². The van der Waals surface area contributed by atoms with Crippen LogP contribution in [0.3, 0.4) is 0 Å². The van der Waals surface area contributed by atoms with Crippen molar-refractivity contribution in [3.63, 3.8) is 0 Å². The highest BCUT2D eigenvalue weighted by Crippen LogP contribution is 2.26. The van der Waals surface area contributed by atoms with Gasteiger partial charge in [-0.15, -0.1) is 0 Å². The second-order valence-corrected chi connectivity index (χ2v) is 5.41.